The van der Waals surface area contributed by atoms with Crippen LogP contribution in [-0.4, -0.2) is 41.9 Å². The lowest BCUT2D eigenvalue weighted by Gasteiger charge is -2.56. The van der Waals surface area contributed by atoms with E-state index in [4.69, 9.17) is 9.15 Å². The molecule has 0 radical (unpaired) electrons. The van der Waals surface area contributed by atoms with Gasteiger partial charge in [0, 0.05) is 54.7 Å². The zero-order valence-corrected chi connectivity index (χ0v) is 34.5. The number of benzene rings is 2. The smallest absolute Gasteiger partial charge is 0.363 e. The number of rotatable bonds is 10. The van der Waals surface area contributed by atoms with Gasteiger partial charge in [-0.05, 0) is 142 Å². The number of ketones is 1. The molecule has 2 fully saturated rings. The van der Waals surface area contributed by atoms with Crippen LogP contribution in [0.5, 0.6) is 5.75 Å². The van der Waals surface area contributed by atoms with Gasteiger partial charge in [-0.2, -0.15) is 0 Å². The highest BCUT2D eigenvalue weighted by Crippen LogP contribution is 2.62. The van der Waals surface area contributed by atoms with Crippen LogP contribution in [0.3, 0.4) is 0 Å². The third-order valence-corrected chi connectivity index (χ3v) is 14.9. The van der Waals surface area contributed by atoms with E-state index in [9.17, 15) is 9.90 Å². The Morgan fingerprint density at radius 2 is 1.41 bits per heavy atom. The van der Waals surface area contributed by atoms with Gasteiger partial charge in [-0.3, -0.25) is 4.79 Å². The predicted molar refractivity (Wildman–Crippen MR) is 231 cm³/mol. The fraction of sp³-hybridized carbons (Fsp3) is 0.440. The van der Waals surface area contributed by atoms with E-state index in [1.165, 1.54) is 24.0 Å². The van der Waals surface area contributed by atoms with Gasteiger partial charge in [0.25, 0.3) is 0 Å². The molecular weight excluding hydrogens is 693 g/mol. The Labute approximate surface area is 332 Å². The minimum absolute atomic E-state index is 0.0905. The molecule has 0 saturated heterocycles. The first-order chi connectivity index (χ1) is 26.9. The van der Waals surface area contributed by atoms with E-state index < -0.39 is 0 Å². The number of carbonyl (C=O) groups excluding carboxylic acids is 1. The van der Waals surface area contributed by atoms with E-state index in [-0.39, 0.29) is 22.4 Å². The minimum Gasteiger partial charge on any atom is -0.506 e. The van der Waals surface area contributed by atoms with Gasteiger partial charge in [-0.1, -0.05) is 39.8 Å². The quantitative estimate of drug-likeness (QED) is 0.165. The second-order valence-corrected chi connectivity index (χ2v) is 18.1. The van der Waals surface area contributed by atoms with E-state index in [0.29, 0.717) is 23.0 Å². The molecular formula is C50H58N2O4+2. The summed E-state index contributed by atoms with van der Waals surface area (Å²) >= 11 is 0. The van der Waals surface area contributed by atoms with Crippen LogP contribution in [0.2, 0.25) is 0 Å². The van der Waals surface area contributed by atoms with Gasteiger partial charge in [0.05, 0.1) is 23.1 Å². The Bertz CT molecular complexity index is 2360. The number of hydrogen-bond donors (Lipinski definition) is 1. The van der Waals surface area contributed by atoms with Crippen LogP contribution in [0, 0.1) is 34.5 Å². The SMILES string of the molecule is CCN(CC)c1ccc2c(c1)OC(C1=CC[C@H]3C[C@@H]1C3(C)C)=CC2=CC1=C(O)C(=Cc2cc(C3=CC[C@H]4C[C@@H]3C4(C)C)[o+]c3cc(N(CC)CC)ccc23)C1=[OH+]. The molecule has 2 saturated carbocycles. The van der Waals surface area contributed by atoms with Crippen molar-refractivity contribution in [3.05, 3.63) is 112 Å². The normalized spacial score (nSPS) is 26.7. The molecule has 4 bridgehead atoms. The fourth-order valence-electron chi connectivity index (χ4n) is 10.8. The van der Waals surface area contributed by atoms with Crippen LogP contribution < -0.4 is 14.5 Å². The lowest BCUT2D eigenvalue weighted by atomic mass is 9.48. The largest absolute Gasteiger partial charge is 0.506 e. The topological polar surface area (TPSA) is 68.6 Å². The van der Waals surface area contributed by atoms with Gasteiger partial charge < -0.3 is 19.6 Å². The number of aliphatic hydroxyl groups is 1. The molecule has 4 atom stereocenters. The highest BCUT2D eigenvalue weighted by Gasteiger charge is 2.54. The number of nitrogens with zero attached hydrogens (tertiary/aromatic N) is 2. The van der Waals surface area contributed by atoms with Crippen molar-refractivity contribution in [1.82, 2.24) is 0 Å². The molecule has 7 aliphatic carbocycles. The van der Waals surface area contributed by atoms with Crippen molar-refractivity contribution >= 4 is 45.3 Å². The summed E-state index contributed by atoms with van der Waals surface area (Å²) in [5.74, 6) is 5.09. The molecule has 3 aromatic rings. The number of hydrogen-bond acceptors (Lipinski definition) is 4. The van der Waals surface area contributed by atoms with Crippen molar-refractivity contribution in [3.8, 4) is 5.75 Å². The average Bonchev–Trinajstić information content (AvgIpc) is 3.21. The van der Waals surface area contributed by atoms with Crippen molar-refractivity contribution in [2.75, 3.05) is 36.0 Å². The predicted octanol–water partition coefficient (Wildman–Crippen LogP) is 12.0. The summed E-state index contributed by atoms with van der Waals surface area (Å²) in [6.07, 6.45) is 15.2. The molecule has 6 nitrogen and oxygen atoms in total. The van der Waals surface area contributed by atoms with Crippen molar-refractivity contribution in [2.24, 2.45) is 34.5 Å². The molecule has 56 heavy (non-hydrogen) atoms. The Kier molecular flexibility index (Phi) is 8.79. The molecule has 0 amide bonds. The second kappa shape index (κ2) is 13.4. The van der Waals surface area contributed by atoms with Gasteiger partial charge in [0.1, 0.15) is 28.4 Å². The van der Waals surface area contributed by atoms with Crippen LogP contribution in [0.15, 0.2) is 99.4 Å². The molecule has 2 N–H and O–H groups in total. The summed E-state index contributed by atoms with van der Waals surface area (Å²) < 4.78 is 13.5. The molecule has 6 heteroatoms. The van der Waals surface area contributed by atoms with Crippen LogP contribution in [0.4, 0.5) is 11.4 Å². The third kappa shape index (κ3) is 5.56. The summed E-state index contributed by atoms with van der Waals surface area (Å²) in [6, 6.07) is 14.9. The number of fused-ring (bicyclic) bond motifs is 4. The van der Waals surface area contributed by atoms with Crippen molar-refractivity contribution in [1.29, 1.82) is 0 Å². The highest BCUT2D eigenvalue weighted by atomic mass is 16.5. The third-order valence-electron chi connectivity index (χ3n) is 14.9. The van der Waals surface area contributed by atoms with Gasteiger partial charge in [0.2, 0.25) is 0 Å². The number of allylic oxidation sites excluding steroid dienone is 9. The number of anilines is 2. The Morgan fingerprint density at radius 3 is 2.02 bits per heavy atom. The van der Waals surface area contributed by atoms with Crippen LogP contribution >= 0.6 is 0 Å². The van der Waals surface area contributed by atoms with Gasteiger partial charge in [0.15, 0.2) is 0 Å². The van der Waals surface area contributed by atoms with E-state index in [1.54, 1.807) is 0 Å². The first-order valence-corrected chi connectivity index (χ1v) is 21.2. The molecule has 1 aliphatic heterocycles. The second-order valence-electron chi connectivity index (χ2n) is 18.1. The van der Waals surface area contributed by atoms with Crippen molar-refractivity contribution < 1.29 is 19.1 Å². The monoisotopic (exact) mass is 750 g/mol. The first kappa shape index (κ1) is 36.8. The number of aliphatic hydroxyl groups excluding tert-OH is 1. The lowest BCUT2D eigenvalue weighted by molar-refractivity contribution is -0.00704. The zero-order chi connectivity index (χ0) is 39.3. The maximum Gasteiger partial charge on any atom is 0.363 e. The van der Waals surface area contributed by atoms with Gasteiger partial charge in [-0.25, -0.2) is 4.42 Å². The zero-order valence-electron chi connectivity index (χ0n) is 34.5. The molecule has 0 unspecified atom stereocenters. The summed E-state index contributed by atoms with van der Waals surface area (Å²) in [4.78, 5) is 16.4. The molecule has 290 valence electrons. The average molecular weight is 751 g/mol. The molecule has 0 spiro atoms. The molecule has 2 aromatic carbocycles. The van der Waals surface area contributed by atoms with Gasteiger partial charge >= 0.3 is 17.1 Å². The van der Waals surface area contributed by atoms with Crippen molar-refractivity contribution in [2.45, 2.75) is 81.1 Å². The Hall–Kier alpha value is -4.84. The summed E-state index contributed by atoms with van der Waals surface area (Å²) in [6.45, 7) is 21.8. The van der Waals surface area contributed by atoms with E-state index in [1.807, 2.05) is 12.2 Å². The number of ether oxygens (including phenoxy) is 1. The maximum absolute atomic E-state index is 11.8. The first-order valence-electron chi connectivity index (χ1n) is 21.2. The van der Waals surface area contributed by atoms with E-state index in [0.717, 1.165) is 107 Å². The molecule has 2 heterocycles. The van der Waals surface area contributed by atoms with Crippen LogP contribution in [0.1, 0.15) is 98.0 Å². The summed E-state index contributed by atoms with van der Waals surface area (Å²) in [5, 5.41) is 12.7. The molecule has 11 rings (SSSR count). The lowest BCUT2D eigenvalue weighted by Crippen LogP contribution is -2.48. The van der Waals surface area contributed by atoms with Gasteiger partial charge in [-0.15, -0.1) is 0 Å². The minimum atomic E-state index is 0.0905. The van der Waals surface area contributed by atoms with E-state index >= 15 is 0 Å². The Balaban J connectivity index is 1.13. The maximum atomic E-state index is 11.8. The standard InChI is InChI=1S/C50H56N2O4/c1-9-51(10-2)33-15-19-35-29(23-43(55-45(35)27-33)37-17-13-31-25-41(37)49(31,5)6)21-39-47(53)40(48(39)54)22-30-24-44(38-18-14-32-26-42(38)50(32,7)8)56-46-28-34(16-20-36(30)46)52(11-3)12-4/h15-24,27-28,31-32,41-42H,9-14,25-26H2,1-8H3/p+2/t31-,32-,41-,42-/m0/s1. The van der Waals surface area contributed by atoms with E-state index in [2.05, 4.69) is 126 Å². The highest BCUT2D eigenvalue weighted by molar-refractivity contribution is 6.25. The van der Waals surface area contributed by atoms with Crippen LogP contribution in [-0.2, 0) is 0 Å². The summed E-state index contributed by atoms with van der Waals surface area (Å²) in [7, 11) is 0. The van der Waals surface area contributed by atoms with Crippen molar-refractivity contribution in [3.63, 3.8) is 0 Å². The Morgan fingerprint density at radius 1 is 0.804 bits per heavy atom. The summed E-state index contributed by atoms with van der Waals surface area (Å²) in [5.41, 5.74) is 9.75. The van der Waals surface area contributed by atoms with Crippen LogP contribution in [0.25, 0.3) is 28.2 Å². The molecule has 8 aliphatic rings. The molecule has 1 aromatic heterocycles. The fourth-order valence-corrected chi connectivity index (χ4v) is 10.8.